The Morgan fingerprint density at radius 2 is 2.15 bits per heavy atom. The minimum absolute atomic E-state index is 0.0416. The molecule has 1 fully saturated rings. The summed E-state index contributed by atoms with van der Waals surface area (Å²) in [6, 6.07) is 0. The third kappa shape index (κ3) is 2.49. The van der Waals surface area contributed by atoms with Gasteiger partial charge in [-0.15, -0.1) is 6.58 Å². The molecule has 13 heavy (non-hydrogen) atoms. The Labute approximate surface area is 76.2 Å². The second-order valence-electron chi connectivity index (χ2n) is 2.87. The van der Waals surface area contributed by atoms with E-state index < -0.39 is 24.6 Å². The Morgan fingerprint density at radius 3 is 2.77 bits per heavy atom. The molecule has 1 rings (SSSR count). The zero-order chi connectivity index (χ0) is 9.84. The topological polar surface area (TPSA) is 79.2 Å². The predicted octanol–water partition coefficient (Wildman–Crippen LogP) is -1.37. The summed E-state index contributed by atoms with van der Waals surface area (Å²) >= 11 is 0. The molecule has 5 nitrogen and oxygen atoms in total. The van der Waals surface area contributed by atoms with Crippen LogP contribution in [0.4, 0.5) is 0 Å². The quantitative estimate of drug-likeness (QED) is 0.478. The van der Waals surface area contributed by atoms with Crippen LogP contribution in [0, 0.1) is 0 Å². The van der Waals surface area contributed by atoms with Crippen LogP contribution in [-0.4, -0.2) is 53.1 Å². The standard InChI is InChI=1S/C8H14O5/c1-2-3-12-7-5(9)4-13-8(11)6(7)10/h2,5-11H,1,3-4H2/t5-,6-,7+,8+/m1/s1. The second kappa shape index (κ2) is 4.69. The Kier molecular flexibility index (Phi) is 3.83. The molecule has 0 spiro atoms. The third-order valence-electron chi connectivity index (χ3n) is 1.85. The first-order chi connectivity index (χ1) is 6.16. The summed E-state index contributed by atoms with van der Waals surface area (Å²) in [4.78, 5) is 0. The van der Waals surface area contributed by atoms with Crippen LogP contribution in [-0.2, 0) is 9.47 Å². The second-order valence-corrected chi connectivity index (χ2v) is 2.87. The summed E-state index contributed by atoms with van der Waals surface area (Å²) in [7, 11) is 0. The maximum Gasteiger partial charge on any atom is 0.183 e. The van der Waals surface area contributed by atoms with Gasteiger partial charge in [0.25, 0.3) is 0 Å². The van der Waals surface area contributed by atoms with E-state index >= 15 is 0 Å². The molecule has 0 saturated carbocycles. The van der Waals surface area contributed by atoms with Gasteiger partial charge in [0.05, 0.1) is 13.2 Å². The maximum atomic E-state index is 9.34. The van der Waals surface area contributed by atoms with Gasteiger partial charge in [-0.25, -0.2) is 0 Å². The van der Waals surface area contributed by atoms with E-state index in [1.807, 2.05) is 0 Å². The first-order valence-corrected chi connectivity index (χ1v) is 4.05. The zero-order valence-electron chi connectivity index (χ0n) is 7.17. The number of ether oxygens (including phenoxy) is 2. The van der Waals surface area contributed by atoms with Gasteiger partial charge in [-0.05, 0) is 0 Å². The maximum absolute atomic E-state index is 9.34. The van der Waals surface area contributed by atoms with Crippen LogP contribution in [0.1, 0.15) is 0 Å². The fraction of sp³-hybridized carbons (Fsp3) is 0.750. The lowest BCUT2D eigenvalue weighted by molar-refractivity contribution is -0.260. The van der Waals surface area contributed by atoms with Gasteiger partial charge < -0.3 is 24.8 Å². The molecule has 0 bridgehead atoms. The number of hydrogen-bond donors (Lipinski definition) is 3. The van der Waals surface area contributed by atoms with E-state index in [9.17, 15) is 10.2 Å². The van der Waals surface area contributed by atoms with Crippen molar-refractivity contribution in [2.24, 2.45) is 0 Å². The van der Waals surface area contributed by atoms with Crippen molar-refractivity contribution in [3.8, 4) is 0 Å². The molecule has 0 amide bonds. The Bertz CT molecular complexity index is 172. The molecule has 5 heteroatoms. The minimum Gasteiger partial charge on any atom is -0.388 e. The van der Waals surface area contributed by atoms with Crippen molar-refractivity contribution in [1.82, 2.24) is 0 Å². The van der Waals surface area contributed by atoms with E-state index in [1.165, 1.54) is 6.08 Å². The molecule has 0 aliphatic carbocycles. The molecular weight excluding hydrogens is 176 g/mol. The van der Waals surface area contributed by atoms with Gasteiger partial charge in [-0.3, -0.25) is 0 Å². The normalized spacial score (nSPS) is 40.2. The molecule has 1 aliphatic rings. The number of aliphatic hydroxyl groups excluding tert-OH is 3. The summed E-state index contributed by atoms with van der Waals surface area (Å²) in [6.07, 6.45) is -2.75. The summed E-state index contributed by atoms with van der Waals surface area (Å²) in [5.41, 5.74) is 0. The first kappa shape index (κ1) is 10.6. The highest BCUT2D eigenvalue weighted by atomic mass is 16.6. The predicted molar refractivity (Wildman–Crippen MR) is 43.9 cm³/mol. The van der Waals surface area contributed by atoms with Crippen molar-refractivity contribution in [2.45, 2.75) is 24.6 Å². The van der Waals surface area contributed by atoms with Crippen LogP contribution in [0.3, 0.4) is 0 Å². The van der Waals surface area contributed by atoms with Crippen LogP contribution in [0.5, 0.6) is 0 Å². The van der Waals surface area contributed by atoms with Crippen LogP contribution in [0.25, 0.3) is 0 Å². The van der Waals surface area contributed by atoms with Crippen molar-refractivity contribution in [3.05, 3.63) is 12.7 Å². The lowest BCUT2D eigenvalue weighted by Gasteiger charge is -2.35. The lowest BCUT2D eigenvalue weighted by atomic mass is 10.1. The van der Waals surface area contributed by atoms with Gasteiger partial charge in [0, 0.05) is 0 Å². The molecule has 1 heterocycles. The molecule has 0 aromatic rings. The molecular formula is C8H14O5. The highest BCUT2D eigenvalue weighted by Crippen LogP contribution is 2.16. The molecule has 76 valence electrons. The molecule has 0 aromatic heterocycles. The highest BCUT2D eigenvalue weighted by Gasteiger charge is 2.38. The molecule has 4 atom stereocenters. The Balaban J connectivity index is 2.50. The summed E-state index contributed by atoms with van der Waals surface area (Å²) in [5.74, 6) is 0. The molecule has 0 aromatic carbocycles. The zero-order valence-corrected chi connectivity index (χ0v) is 7.17. The van der Waals surface area contributed by atoms with Crippen LogP contribution in [0.15, 0.2) is 12.7 Å². The SMILES string of the molecule is C=CCO[C@@H]1[C@@H](O)[C@@H](O)OC[C@H]1O. The molecule has 0 radical (unpaired) electrons. The largest absolute Gasteiger partial charge is 0.388 e. The smallest absolute Gasteiger partial charge is 0.183 e. The van der Waals surface area contributed by atoms with E-state index in [2.05, 4.69) is 11.3 Å². The number of aliphatic hydroxyl groups is 3. The monoisotopic (exact) mass is 190 g/mol. The van der Waals surface area contributed by atoms with Crippen molar-refractivity contribution < 1.29 is 24.8 Å². The van der Waals surface area contributed by atoms with Crippen molar-refractivity contribution >= 4 is 0 Å². The highest BCUT2D eigenvalue weighted by molar-refractivity contribution is 4.84. The fourth-order valence-corrected chi connectivity index (χ4v) is 1.17. The average molecular weight is 190 g/mol. The van der Waals surface area contributed by atoms with Gasteiger partial charge in [-0.2, -0.15) is 0 Å². The summed E-state index contributed by atoms with van der Waals surface area (Å²) < 4.78 is 9.73. The van der Waals surface area contributed by atoms with Gasteiger partial charge in [0.1, 0.15) is 18.3 Å². The van der Waals surface area contributed by atoms with E-state index in [0.29, 0.717) is 0 Å². The van der Waals surface area contributed by atoms with Crippen LogP contribution >= 0.6 is 0 Å². The number of hydrogen-bond acceptors (Lipinski definition) is 5. The average Bonchev–Trinajstić information content (AvgIpc) is 2.12. The van der Waals surface area contributed by atoms with E-state index in [-0.39, 0.29) is 13.2 Å². The minimum atomic E-state index is -1.29. The van der Waals surface area contributed by atoms with Crippen molar-refractivity contribution in [2.75, 3.05) is 13.2 Å². The first-order valence-electron chi connectivity index (χ1n) is 4.05. The van der Waals surface area contributed by atoms with Gasteiger partial charge in [-0.1, -0.05) is 6.08 Å². The summed E-state index contributed by atoms with van der Waals surface area (Å²) in [5, 5.41) is 27.7. The summed E-state index contributed by atoms with van der Waals surface area (Å²) in [6.45, 7) is 3.60. The Morgan fingerprint density at radius 1 is 1.46 bits per heavy atom. The van der Waals surface area contributed by atoms with Gasteiger partial charge >= 0.3 is 0 Å². The fourth-order valence-electron chi connectivity index (χ4n) is 1.17. The van der Waals surface area contributed by atoms with Gasteiger partial charge in [0.2, 0.25) is 0 Å². The van der Waals surface area contributed by atoms with Crippen molar-refractivity contribution in [1.29, 1.82) is 0 Å². The van der Waals surface area contributed by atoms with Crippen LogP contribution < -0.4 is 0 Å². The van der Waals surface area contributed by atoms with E-state index in [1.54, 1.807) is 0 Å². The molecule has 1 aliphatic heterocycles. The lowest BCUT2D eigenvalue weighted by Crippen LogP contribution is -2.54. The van der Waals surface area contributed by atoms with Crippen LogP contribution in [0.2, 0.25) is 0 Å². The third-order valence-corrected chi connectivity index (χ3v) is 1.85. The molecule has 3 N–H and O–H groups in total. The van der Waals surface area contributed by atoms with E-state index in [0.717, 1.165) is 0 Å². The van der Waals surface area contributed by atoms with Gasteiger partial charge in [0.15, 0.2) is 6.29 Å². The number of rotatable bonds is 3. The molecule has 1 saturated heterocycles. The van der Waals surface area contributed by atoms with Crippen molar-refractivity contribution in [3.63, 3.8) is 0 Å². The van der Waals surface area contributed by atoms with E-state index in [4.69, 9.17) is 9.84 Å². The molecule has 0 unspecified atom stereocenters. The Hall–Kier alpha value is -0.460.